The lowest BCUT2D eigenvalue weighted by Crippen LogP contribution is -2.55. The van der Waals surface area contributed by atoms with E-state index in [2.05, 4.69) is 10.1 Å². The van der Waals surface area contributed by atoms with Gasteiger partial charge in [-0.05, 0) is 0 Å². The quantitative estimate of drug-likeness (QED) is 0.569. The Kier molecular flexibility index (Phi) is 3.46. The minimum absolute atomic E-state index is 0.144. The monoisotopic (exact) mass is 222 g/mol. The van der Waals surface area contributed by atoms with E-state index in [1.807, 2.05) is 0 Å². The number of hydrogen-bond acceptors (Lipinski definition) is 5. The first-order chi connectivity index (χ1) is 6.45. The van der Waals surface area contributed by atoms with Crippen LogP contribution < -0.4 is 5.32 Å². The largest absolute Gasteiger partial charge is 0.468 e. The molecule has 0 bridgehead atoms. The molecule has 1 atom stereocenters. The zero-order valence-corrected chi connectivity index (χ0v) is 9.00. The molecule has 0 saturated carbocycles. The molecular formula is C7H14N2O4S. The van der Waals surface area contributed by atoms with E-state index in [9.17, 15) is 13.2 Å². The van der Waals surface area contributed by atoms with Gasteiger partial charge in [0.25, 0.3) is 0 Å². The van der Waals surface area contributed by atoms with Crippen LogP contribution >= 0.6 is 0 Å². The molecule has 6 nitrogen and oxygen atoms in total. The second-order valence-electron chi connectivity index (χ2n) is 3.15. The zero-order chi connectivity index (χ0) is 10.8. The van der Waals surface area contributed by atoms with E-state index in [-0.39, 0.29) is 6.54 Å². The summed E-state index contributed by atoms with van der Waals surface area (Å²) in [5.41, 5.74) is 0. The Morgan fingerprint density at radius 1 is 1.57 bits per heavy atom. The van der Waals surface area contributed by atoms with Gasteiger partial charge >= 0.3 is 5.97 Å². The summed E-state index contributed by atoms with van der Waals surface area (Å²) in [5.74, 6) is -0.432. The molecule has 0 aromatic heterocycles. The Hall–Kier alpha value is -0.660. The molecule has 0 aromatic rings. The first-order valence-electron chi connectivity index (χ1n) is 4.21. The fourth-order valence-electron chi connectivity index (χ4n) is 1.32. The highest BCUT2D eigenvalue weighted by molar-refractivity contribution is 7.88. The molecule has 0 spiro atoms. The number of rotatable bonds is 2. The van der Waals surface area contributed by atoms with Crippen molar-refractivity contribution >= 4 is 16.0 Å². The van der Waals surface area contributed by atoms with Gasteiger partial charge in [-0.1, -0.05) is 0 Å². The van der Waals surface area contributed by atoms with Gasteiger partial charge in [0.1, 0.15) is 6.04 Å². The standard InChI is InChI=1S/C7H14N2O4S/c1-13-7(10)6-5-9(4-3-8-6)14(2,11)12/h6,8H,3-5H2,1-2H3/t6-/m1/s1. The number of piperazine rings is 1. The van der Waals surface area contributed by atoms with Gasteiger partial charge in [0.15, 0.2) is 0 Å². The molecule has 1 fully saturated rings. The maximum absolute atomic E-state index is 11.2. The molecule has 0 aromatic carbocycles. The van der Waals surface area contributed by atoms with Crippen molar-refractivity contribution in [1.82, 2.24) is 9.62 Å². The van der Waals surface area contributed by atoms with Crippen molar-refractivity contribution in [3.63, 3.8) is 0 Å². The minimum atomic E-state index is -3.21. The van der Waals surface area contributed by atoms with Gasteiger partial charge in [0, 0.05) is 19.6 Å². The smallest absolute Gasteiger partial charge is 0.324 e. The van der Waals surface area contributed by atoms with Crippen molar-refractivity contribution in [1.29, 1.82) is 0 Å². The number of hydrogen-bond donors (Lipinski definition) is 1. The van der Waals surface area contributed by atoms with Crippen LogP contribution in [-0.2, 0) is 19.6 Å². The second kappa shape index (κ2) is 4.24. The minimum Gasteiger partial charge on any atom is -0.468 e. The molecule has 0 amide bonds. The number of ether oxygens (including phenoxy) is 1. The summed E-state index contributed by atoms with van der Waals surface area (Å²) in [6.45, 7) is 1.00. The Balaban J connectivity index is 2.65. The van der Waals surface area contributed by atoms with Gasteiger partial charge in [-0.15, -0.1) is 0 Å². The maximum atomic E-state index is 11.2. The Morgan fingerprint density at radius 3 is 2.71 bits per heavy atom. The van der Waals surface area contributed by atoms with E-state index >= 15 is 0 Å². The molecule has 1 saturated heterocycles. The van der Waals surface area contributed by atoms with Crippen LogP contribution in [0.1, 0.15) is 0 Å². The van der Waals surface area contributed by atoms with Crippen molar-refractivity contribution in [3.05, 3.63) is 0 Å². The Morgan fingerprint density at radius 2 is 2.21 bits per heavy atom. The van der Waals surface area contributed by atoms with Crippen LogP contribution in [0.25, 0.3) is 0 Å². The molecule has 0 aliphatic carbocycles. The number of esters is 1. The van der Waals surface area contributed by atoms with Gasteiger partial charge in [0.05, 0.1) is 13.4 Å². The van der Waals surface area contributed by atoms with Gasteiger partial charge in [-0.2, -0.15) is 4.31 Å². The topological polar surface area (TPSA) is 75.7 Å². The second-order valence-corrected chi connectivity index (χ2v) is 5.13. The van der Waals surface area contributed by atoms with Crippen LogP contribution in [0.2, 0.25) is 0 Å². The number of carbonyl (C=O) groups excluding carboxylic acids is 1. The third-order valence-electron chi connectivity index (χ3n) is 2.09. The molecule has 82 valence electrons. The summed E-state index contributed by atoms with van der Waals surface area (Å²) in [6, 6.07) is -0.552. The number of carbonyl (C=O) groups is 1. The molecule has 7 heteroatoms. The highest BCUT2D eigenvalue weighted by atomic mass is 32.2. The van der Waals surface area contributed by atoms with Gasteiger partial charge in [-0.3, -0.25) is 4.79 Å². The Bertz CT molecular complexity index is 314. The van der Waals surface area contributed by atoms with Crippen molar-refractivity contribution in [2.75, 3.05) is 33.0 Å². The first kappa shape index (κ1) is 11.4. The van der Waals surface area contributed by atoms with Crippen LogP contribution in [0.5, 0.6) is 0 Å². The normalized spacial score (nSPS) is 24.6. The molecule has 0 unspecified atom stereocenters. The average Bonchev–Trinajstić information content (AvgIpc) is 2.15. The lowest BCUT2D eigenvalue weighted by molar-refractivity contribution is -0.143. The third kappa shape index (κ3) is 2.66. The number of sulfonamides is 1. The summed E-state index contributed by atoms with van der Waals surface area (Å²) in [7, 11) is -1.93. The van der Waals surface area contributed by atoms with E-state index in [1.54, 1.807) is 0 Å². The van der Waals surface area contributed by atoms with Crippen molar-refractivity contribution < 1.29 is 17.9 Å². The highest BCUT2D eigenvalue weighted by Crippen LogP contribution is 2.05. The fraction of sp³-hybridized carbons (Fsp3) is 0.857. The van der Waals surface area contributed by atoms with Gasteiger partial charge < -0.3 is 10.1 Å². The molecule has 14 heavy (non-hydrogen) atoms. The predicted molar refractivity (Wildman–Crippen MR) is 50.2 cm³/mol. The van der Waals surface area contributed by atoms with E-state index in [1.165, 1.54) is 11.4 Å². The lowest BCUT2D eigenvalue weighted by Gasteiger charge is -2.30. The van der Waals surface area contributed by atoms with Crippen molar-refractivity contribution in [3.8, 4) is 0 Å². The molecular weight excluding hydrogens is 208 g/mol. The summed E-state index contributed by atoms with van der Waals surface area (Å²) in [5, 5.41) is 2.89. The summed E-state index contributed by atoms with van der Waals surface area (Å²) in [4.78, 5) is 11.1. The van der Waals surface area contributed by atoms with E-state index < -0.39 is 22.0 Å². The molecule has 0 radical (unpaired) electrons. The summed E-state index contributed by atoms with van der Waals surface area (Å²) < 4.78 is 28.2. The molecule has 1 aliphatic rings. The number of nitrogens with zero attached hydrogens (tertiary/aromatic N) is 1. The molecule has 1 aliphatic heterocycles. The van der Waals surface area contributed by atoms with Gasteiger partial charge in [-0.25, -0.2) is 8.42 Å². The lowest BCUT2D eigenvalue weighted by atomic mass is 10.2. The van der Waals surface area contributed by atoms with E-state index in [0.717, 1.165) is 6.26 Å². The van der Waals surface area contributed by atoms with E-state index in [4.69, 9.17) is 0 Å². The van der Waals surface area contributed by atoms with Gasteiger partial charge in [0.2, 0.25) is 10.0 Å². The predicted octanol–water partition coefficient (Wildman–Crippen LogP) is -1.61. The molecule has 1 N–H and O–H groups in total. The number of nitrogens with one attached hydrogen (secondary N) is 1. The molecule has 1 heterocycles. The molecule has 1 rings (SSSR count). The SMILES string of the molecule is COC(=O)[C@H]1CN(S(C)(=O)=O)CCN1. The maximum Gasteiger partial charge on any atom is 0.324 e. The Labute approximate surface area is 83.3 Å². The van der Waals surface area contributed by atoms with Crippen molar-refractivity contribution in [2.24, 2.45) is 0 Å². The van der Waals surface area contributed by atoms with Crippen molar-refractivity contribution in [2.45, 2.75) is 6.04 Å². The fourth-order valence-corrected chi connectivity index (χ4v) is 2.17. The van der Waals surface area contributed by atoms with Crippen LogP contribution in [0, 0.1) is 0 Å². The highest BCUT2D eigenvalue weighted by Gasteiger charge is 2.30. The first-order valence-corrected chi connectivity index (χ1v) is 6.06. The average molecular weight is 222 g/mol. The van der Waals surface area contributed by atoms with E-state index in [0.29, 0.717) is 13.1 Å². The zero-order valence-electron chi connectivity index (χ0n) is 8.19. The number of methoxy groups -OCH3 is 1. The van der Waals surface area contributed by atoms with Crippen LogP contribution in [0.15, 0.2) is 0 Å². The summed E-state index contributed by atoms with van der Waals surface area (Å²) >= 11 is 0. The van der Waals surface area contributed by atoms with Crippen LogP contribution in [-0.4, -0.2) is 57.7 Å². The summed E-state index contributed by atoms with van der Waals surface area (Å²) in [6.07, 6.45) is 1.13. The third-order valence-corrected chi connectivity index (χ3v) is 3.36. The van der Waals surface area contributed by atoms with Crippen LogP contribution in [0.3, 0.4) is 0 Å². The van der Waals surface area contributed by atoms with Crippen LogP contribution in [0.4, 0.5) is 0 Å².